The Bertz CT molecular complexity index is 1310. The maximum absolute atomic E-state index is 11.3. The molecule has 0 aliphatic heterocycles. The van der Waals surface area contributed by atoms with Crippen molar-refractivity contribution >= 4 is 28.0 Å². The second kappa shape index (κ2) is 7.04. The Labute approximate surface area is 168 Å². The summed E-state index contributed by atoms with van der Waals surface area (Å²) in [4.78, 5) is 4.53. The van der Waals surface area contributed by atoms with Crippen molar-refractivity contribution in [1.29, 1.82) is 0 Å². The fourth-order valence-electron chi connectivity index (χ4n) is 3.32. The Hall–Kier alpha value is -3.69. The van der Waals surface area contributed by atoms with Crippen molar-refractivity contribution in [3.05, 3.63) is 85.7 Å². The SMILES string of the molecule is O=S(O)Nc1cc(-n2cccc2)cc(-n2cnc3cc(-n4cccn4)ccc32)c1. The van der Waals surface area contributed by atoms with Gasteiger partial charge in [-0.05, 0) is 54.6 Å². The molecule has 0 saturated carbocycles. The van der Waals surface area contributed by atoms with Crippen LogP contribution in [0, 0.1) is 0 Å². The van der Waals surface area contributed by atoms with Crippen LogP contribution in [0.5, 0.6) is 0 Å². The van der Waals surface area contributed by atoms with Crippen molar-refractivity contribution in [2.45, 2.75) is 0 Å². The summed E-state index contributed by atoms with van der Waals surface area (Å²) < 4.78 is 28.8. The quantitative estimate of drug-likeness (QED) is 0.439. The standard InChI is InChI=1S/C20H16N6O2S/c27-29(28)23-15-10-17(24-7-1-2-8-24)12-18(11-15)25-14-21-19-13-16(4-5-20(19)25)26-9-3-6-22-26/h1-14,23H,(H,27,28). The molecule has 3 aromatic heterocycles. The molecular formula is C20H16N6O2S. The first-order chi connectivity index (χ1) is 14.2. The van der Waals surface area contributed by atoms with Gasteiger partial charge in [0.25, 0.3) is 11.3 Å². The van der Waals surface area contributed by atoms with Gasteiger partial charge in [0.05, 0.1) is 28.1 Å². The number of aromatic nitrogens is 5. The van der Waals surface area contributed by atoms with E-state index in [9.17, 15) is 8.76 Å². The summed E-state index contributed by atoms with van der Waals surface area (Å²) in [5, 5.41) is 4.26. The van der Waals surface area contributed by atoms with Gasteiger partial charge < -0.3 is 4.57 Å². The van der Waals surface area contributed by atoms with Crippen LogP contribution in [0.15, 0.2) is 85.7 Å². The van der Waals surface area contributed by atoms with Crippen molar-refractivity contribution in [1.82, 2.24) is 23.9 Å². The van der Waals surface area contributed by atoms with Crippen LogP contribution in [0.3, 0.4) is 0 Å². The second-order valence-corrected chi connectivity index (χ2v) is 7.12. The normalized spacial score (nSPS) is 12.3. The molecule has 3 heterocycles. The molecule has 0 fully saturated rings. The number of hydrogen-bond donors (Lipinski definition) is 2. The Kier molecular flexibility index (Phi) is 4.23. The lowest BCUT2D eigenvalue weighted by Gasteiger charge is -2.12. The molecule has 1 unspecified atom stereocenters. The predicted molar refractivity (Wildman–Crippen MR) is 112 cm³/mol. The molecule has 5 rings (SSSR count). The van der Waals surface area contributed by atoms with Gasteiger partial charge in [-0.3, -0.25) is 13.8 Å². The van der Waals surface area contributed by atoms with Crippen LogP contribution in [0.25, 0.3) is 28.1 Å². The summed E-state index contributed by atoms with van der Waals surface area (Å²) in [6, 6.07) is 17.3. The zero-order valence-electron chi connectivity index (χ0n) is 15.1. The van der Waals surface area contributed by atoms with Crippen molar-refractivity contribution < 1.29 is 8.76 Å². The van der Waals surface area contributed by atoms with Crippen molar-refractivity contribution in [2.75, 3.05) is 4.72 Å². The van der Waals surface area contributed by atoms with Crippen LogP contribution in [0.1, 0.15) is 0 Å². The molecule has 0 amide bonds. The molecular weight excluding hydrogens is 388 g/mol. The highest BCUT2D eigenvalue weighted by Gasteiger charge is 2.10. The molecule has 0 aliphatic carbocycles. The molecule has 8 nitrogen and oxygen atoms in total. The molecule has 29 heavy (non-hydrogen) atoms. The van der Waals surface area contributed by atoms with Gasteiger partial charge in [0.1, 0.15) is 6.33 Å². The number of rotatable bonds is 5. The Balaban J connectivity index is 1.63. The van der Waals surface area contributed by atoms with E-state index in [1.54, 1.807) is 17.2 Å². The van der Waals surface area contributed by atoms with E-state index in [1.807, 2.05) is 82.3 Å². The molecule has 144 valence electrons. The minimum absolute atomic E-state index is 0.530. The highest BCUT2D eigenvalue weighted by molar-refractivity contribution is 7.80. The molecule has 2 aromatic carbocycles. The number of nitrogens with one attached hydrogen (secondary N) is 1. The second-order valence-electron chi connectivity index (χ2n) is 6.42. The molecule has 0 aliphatic rings. The molecule has 5 aromatic rings. The first kappa shape index (κ1) is 17.4. The van der Waals surface area contributed by atoms with Crippen LogP contribution in [-0.4, -0.2) is 32.7 Å². The van der Waals surface area contributed by atoms with Crippen LogP contribution in [0.4, 0.5) is 5.69 Å². The summed E-state index contributed by atoms with van der Waals surface area (Å²) in [5.74, 6) is 0. The molecule has 0 radical (unpaired) electrons. The Morgan fingerprint density at radius 1 is 0.931 bits per heavy atom. The molecule has 2 N–H and O–H groups in total. The minimum Gasteiger partial charge on any atom is -0.324 e. The molecule has 9 heteroatoms. The van der Waals surface area contributed by atoms with Gasteiger partial charge in [0, 0.05) is 30.5 Å². The monoisotopic (exact) mass is 404 g/mol. The third-order valence-electron chi connectivity index (χ3n) is 4.59. The molecule has 0 saturated heterocycles. The van der Waals surface area contributed by atoms with Crippen molar-refractivity contribution in [3.63, 3.8) is 0 Å². The smallest absolute Gasteiger partial charge is 0.259 e. The zero-order chi connectivity index (χ0) is 19.8. The van der Waals surface area contributed by atoms with E-state index in [-0.39, 0.29) is 0 Å². The fraction of sp³-hybridized carbons (Fsp3) is 0. The largest absolute Gasteiger partial charge is 0.324 e. The summed E-state index contributed by atoms with van der Waals surface area (Å²) >= 11 is -2.17. The lowest BCUT2D eigenvalue weighted by molar-refractivity contribution is 0.570. The average molecular weight is 404 g/mol. The van der Waals surface area contributed by atoms with Gasteiger partial charge in [-0.1, -0.05) is 0 Å². The van der Waals surface area contributed by atoms with Crippen LogP contribution >= 0.6 is 0 Å². The minimum atomic E-state index is -2.17. The highest BCUT2D eigenvalue weighted by Crippen LogP contribution is 2.26. The topological polar surface area (TPSA) is 89.9 Å². The molecule has 0 bridgehead atoms. The van der Waals surface area contributed by atoms with E-state index >= 15 is 0 Å². The summed E-state index contributed by atoms with van der Waals surface area (Å²) in [6.45, 7) is 0. The van der Waals surface area contributed by atoms with Crippen LogP contribution in [0.2, 0.25) is 0 Å². The maximum Gasteiger partial charge on any atom is 0.259 e. The van der Waals surface area contributed by atoms with Crippen molar-refractivity contribution in [3.8, 4) is 17.1 Å². The molecule has 0 spiro atoms. The van der Waals surface area contributed by atoms with Crippen molar-refractivity contribution in [2.24, 2.45) is 0 Å². The summed E-state index contributed by atoms with van der Waals surface area (Å²) in [7, 11) is 0. The highest BCUT2D eigenvalue weighted by atomic mass is 32.2. The lowest BCUT2D eigenvalue weighted by Crippen LogP contribution is -2.04. The van der Waals surface area contributed by atoms with Gasteiger partial charge >= 0.3 is 0 Å². The third-order valence-corrected chi connectivity index (χ3v) is 5.00. The Morgan fingerprint density at radius 2 is 1.76 bits per heavy atom. The van der Waals surface area contributed by atoms with Gasteiger partial charge in [0.15, 0.2) is 0 Å². The van der Waals surface area contributed by atoms with Gasteiger partial charge in [0.2, 0.25) is 0 Å². The maximum atomic E-state index is 11.3. The summed E-state index contributed by atoms with van der Waals surface area (Å²) in [5.41, 5.74) is 4.87. The van der Waals surface area contributed by atoms with E-state index in [1.165, 1.54) is 0 Å². The first-order valence-electron chi connectivity index (χ1n) is 8.81. The third kappa shape index (κ3) is 3.33. The first-order valence-corrected chi connectivity index (χ1v) is 9.91. The summed E-state index contributed by atoms with van der Waals surface area (Å²) in [6.07, 6.45) is 9.19. The van der Waals surface area contributed by atoms with E-state index in [2.05, 4.69) is 14.8 Å². The number of hydrogen-bond acceptors (Lipinski definition) is 3. The van der Waals surface area contributed by atoms with Gasteiger partial charge in [-0.25, -0.2) is 13.9 Å². The number of fused-ring (bicyclic) bond motifs is 1. The zero-order valence-corrected chi connectivity index (χ0v) is 15.9. The van der Waals surface area contributed by atoms with Crippen LogP contribution in [-0.2, 0) is 11.3 Å². The fourth-order valence-corrected chi connectivity index (χ4v) is 3.64. The number of anilines is 1. The van der Waals surface area contributed by atoms with E-state index in [0.29, 0.717) is 5.69 Å². The van der Waals surface area contributed by atoms with Gasteiger partial charge in [-0.2, -0.15) is 5.10 Å². The van der Waals surface area contributed by atoms with Gasteiger partial charge in [-0.15, -0.1) is 0 Å². The predicted octanol–water partition coefficient (Wildman–Crippen LogP) is 3.55. The number of imidazole rings is 1. The van der Waals surface area contributed by atoms with Crippen LogP contribution < -0.4 is 4.72 Å². The van der Waals surface area contributed by atoms with E-state index < -0.39 is 11.3 Å². The number of benzene rings is 2. The van der Waals surface area contributed by atoms with E-state index in [0.717, 1.165) is 28.1 Å². The Morgan fingerprint density at radius 3 is 2.52 bits per heavy atom. The number of nitrogens with zero attached hydrogens (tertiary/aromatic N) is 5. The van der Waals surface area contributed by atoms with E-state index in [4.69, 9.17) is 0 Å². The molecule has 1 atom stereocenters. The lowest BCUT2D eigenvalue weighted by atomic mass is 10.2. The average Bonchev–Trinajstić information content (AvgIpc) is 3.48.